The molecule has 0 saturated heterocycles. The standard InChI is InChI=1S/C11H14N4O/c1-15(2)14-11(16)10-5-7-13-8-9(10)4-3-6-12/h5,7-8H,6,12H2,1-2H3,(H,14,16). The van der Waals surface area contributed by atoms with Crippen molar-refractivity contribution in [2.75, 3.05) is 20.6 Å². The summed E-state index contributed by atoms with van der Waals surface area (Å²) in [5.41, 5.74) is 8.99. The molecule has 16 heavy (non-hydrogen) atoms. The van der Waals surface area contributed by atoms with Gasteiger partial charge in [0.25, 0.3) is 5.91 Å². The maximum Gasteiger partial charge on any atom is 0.266 e. The summed E-state index contributed by atoms with van der Waals surface area (Å²) in [5.74, 6) is 5.29. The Labute approximate surface area is 94.6 Å². The van der Waals surface area contributed by atoms with Gasteiger partial charge in [0.15, 0.2) is 0 Å². The number of pyridine rings is 1. The summed E-state index contributed by atoms with van der Waals surface area (Å²) in [6, 6.07) is 1.62. The van der Waals surface area contributed by atoms with Crippen molar-refractivity contribution in [3.63, 3.8) is 0 Å². The minimum absolute atomic E-state index is 0.214. The first kappa shape index (κ1) is 12.2. The third-order valence-corrected chi connectivity index (χ3v) is 1.72. The Kier molecular flexibility index (Phi) is 4.45. The van der Waals surface area contributed by atoms with Crippen molar-refractivity contribution in [3.05, 3.63) is 29.6 Å². The van der Waals surface area contributed by atoms with E-state index in [2.05, 4.69) is 22.3 Å². The normalized spacial score (nSPS) is 9.50. The van der Waals surface area contributed by atoms with Gasteiger partial charge in [0.2, 0.25) is 0 Å². The number of hydrogen-bond acceptors (Lipinski definition) is 4. The number of nitrogens with zero attached hydrogens (tertiary/aromatic N) is 2. The van der Waals surface area contributed by atoms with Crippen LogP contribution in [0.5, 0.6) is 0 Å². The minimum atomic E-state index is -0.214. The number of rotatable bonds is 2. The molecule has 0 aliphatic carbocycles. The molecule has 0 aromatic carbocycles. The van der Waals surface area contributed by atoms with Crippen LogP contribution < -0.4 is 11.2 Å². The van der Waals surface area contributed by atoms with E-state index in [-0.39, 0.29) is 12.5 Å². The van der Waals surface area contributed by atoms with Gasteiger partial charge in [0.05, 0.1) is 17.7 Å². The Hall–Kier alpha value is -1.90. The summed E-state index contributed by atoms with van der Waals surface area (Å²) in [7, 11) is 3.48. The summed E-state index contributed by atoms with van der Waals surface area (Å²) >= 11 is 0. The molecule has 1 aromatic heterocycles. The van der Waals surface area contributed by atoms with Crippen LogP contribution in [0.25, 0.3) is 0 Å². The highest BCUT2D eigenvalue weighted by atomic mass is 16.2. The van der Waals surface area contributed by atoms with Crippen LogP contribution in [0.4, 0.5) is 0 Å². The van der Waals surface area contributed by atoms with Crippen molar-refractivity contribution in [3.8, 4) is 11.8 Å². The molecule has 0 bridgehead atoms. The van der Waals surface area contributed by atoms with Crippen LogP contribution >= 0.6 is 0 Å². The molecule has 0 unspecified atom stereocenters. The zero-order valence-electron chi connectivity index (χ0n) is 9.32. The molecule has 0 aliphatic heterocycles. The zero-order chi connectivity index (χ0) is 12.0. The second-order valence-electron chi connectivity index (χ2n) is 3.26. The van der Waals surface area contributed by atoms with Gasteiger partial charge in [-0.25, -0.2) is 5.01 Å². The number of carbonyl (C=O) groups excluding carboxylic acids is 1. The van der Waals surface area contributed by atoms with E-state index < -0.39 is 0 Å². The number of hydrazine groups is 1. The van der Waals surface area contributed by atoms with Gasteiger partial charge in [-0.3, -0.25) is 15.2 Å². The van der Waals surface area contributed by atoms with Gasteiger partial charge >= 0.3 is 0 Å². The smallest absolute Gasteiger partial charge is 0.266 e. The SMILES string of the molecule is CN(C)NC(=O)c1ccncc1C#CCN. The summed E-state index contributed by atoms with van der Waals surface area (Å²) in [4.78, 5) is 15.7. The molecule has 0 atom stereocenters. The molecule has 1 heterocycles. The largest absolute Gasteiger partial charge is 0.320 e. The molecule has 0 spiro atoms. The highest BCUT2D eigenvalue weighted by Crippen LogP contribution is 2.05. The second-order valence-corrected chi connectivity index (χ2v) is 3.26. The Bertz CT molecular complexity index is 431. The molecule has 1 rings (SSSR count). The van der Waals surface area contributed by atoms with E-state index in [0.717, 1.165) is 0 Å². The van der Waals surface area contributed by atoms with E-state index >= 15 is 0 Å². The van der Waals surface area contributed by atoms with E-state index in [1.807, 2.05) is 0 Å². The summed E-state index contributed by atoms with van der Waals surface area (Å²) < 4.78 is 0. The van der Waals surface area contributed by atoms with Crippen molar-refractivity contribution >= 4 is 5.91 Å². The van der Waals surface area contributed by atoms with Crippen LogP contribution in [0.2, 0.25) is 0 Å². The first-order valence-electron chi connectivity index (χ1n) is 4.76. The molecule has 5 nitrogen and oxygen atoms in total. The third-order valence-electron chi connectivity index (χ3n) is 1.72. The van der Waals surface area contributed by atoms with Gasteiger partial charge in [-0.05, 0) is 6.07 Å². The van der Waals surface area contributed by atoms with Crippen molar-refractivity contribution in [2.24, 2.45) is 5.73 Å². The lowest BCUT2D eigenvalue weighted by molar-refractivity contribution is 0.0856. The maximum absolute atomic E-state index is 11.8. The molecule has 3 N–H and O–H groups in total. The molecule has 0 fully saturated rings. The van der Waals surface area contributed by atoms with Gasteiger partial charge in [-0.1, -0.05) is 11.8 Å². The van der Waals surface area contributed by atoms with Crippen molar-refractivity contribution in [1.29, 1.82) is 0 Å². The van der Waals surface area contributed by atoms with Gasteiger partial charge < -0.3 is 5.73 Å². The first-order chi connectivity index (χ1) is 7.65. The highest BCUT2D eigenvalue weighted by molar-refractivity contribution is 5.96. The number of amides is 1. The monoisotopic (exact) mass is 218 g/mol. The average Bonchev–Trinajstić information content (AvgIpc) is 2.25. The predicted molar refractivity (Wildman–Crippen MR) is 61.3 cm³/mol. The van der Waals surface area contributed by atoms with Crippen molar-refractivity contribution in [2.45, 2.75) is 0 Å². The Balaban J connectivity index is 2.98. The molecule has 5 heteroatoms. The minimum Gasteiger partial charge on any atom is -0.320 e. The quantitative estimate of drug-likeness (QED) is 0.523. The Morgan fingerprint density at radius 1 is 1.62 bits per heavy atom. The predicted octanol–water partition coefficient (Wildman–Crippen LogP) is -0.402. The number of aromatic nitrogens is 1. The summed E-state index contributed by atoms with van der Waals surface area (Å²) in [5, 5.41) is 1.57. The lowest BCUT2D eigenvalue weighted by Gasteiger charge is -2.12. The molecule has 0 radical (unpaired) electrons. The molecule has 0 saturated carbocycles. The van der Waals surface area contributed by atoms with Crippen LogP contribution in [0.15, 0.2) is 18.5 Å². The zero-order valence-corrected chi connectivity index (χ0v) is 9.32. The van der Waals surface area contributed by atoms with Crippen LogP contribution in [0.3, 0.4) is 0 Å². The van der Waals surface area contributed by atoms with E-state index in [4.69, 9.17) is 5.73 Å². The van der Waals surface area contributed by atoms with Crippen LogP contribution in [-0.2, 0) is 0 Å². The Morgan fingerprint density at radius 2 is 2.38 bits per heavy atom. The highest BCUT2D eigenvalue weighted by Gasteiger charge is 2.09. The van der Waals surface area contributed by atoms with Crippen LogP contribution in [0, 0.1) is 11.8 Å². The molecule has 1 amide bonds. The number of carbonyl (C=O) groups is 1. The fourth-order valence-electron chi connectivity index (χ4n) is 1.10. The van der Waals surface area contributed by atoms with Gasteiger partial charge in [0, 0.05) is 26.5 Å². The Morgan fingerprint density at radius 3 is 3.00 bits per heavy atom. The fraction of sp³-hybridized carbons (Fsp3) is 0.273. The molecule has 1 aromatic rings. The average molecular weight is 218 g/mol. The molecular formula is C11H14N4O. The molecule has 0 aliphatic rings. The number of hydrogen-bond donors (Lipinski definition) is 2. The maximum atomic E-state index is 11.8. The van der Waals surface area contributed by atoms with Crippen LogP contribution in [-0.4, -0.2) is 36.5 Å². The lowest BCUT2D eigenvalue weighted by atomic mass is 10.1. The molecule has 84 valence electrons. The molecular weight excluding hydrogens is 204 g/mol. The van der Waals surface area contributed by atoms with Gasteiger partial charge in [-0.2, -0.15) is 0 Å². The topological polar surface area (TPSA) is 71.2 Å². The number of nitrogens with one attached hydrogen (secondary N) is 1. The van der Waals surface area contributed by atoms with Crippen LogP contribution in [0.1, 0.15) is 15.9 Å². The van der Waals surface area contributed by atoms with E-state index in [1.54, 1.807) is 37.6 Å². The fourth-order valence-corrected chi connectivity index (χ4v) is 1.10. The van der Waals surface area contributed by atoms with Gasteiger partial charge in [0.1, 0.15) is 0 Å². The number of nitrogens with two attached hydrogens (primary N) is 1. The van der Waals surface area contributed by atoms with Crippen molar-refractivity contribution < 1.29 is 4.79 Å². The van der Waals surface area contributed by atoms with E-state index in [0.29, 0.717) is 11.1 Å². The first-order valence-corrected chi connectivity index (χ1v) is 4.76. The van der Waals surface area contributed by atoms with E-state index in [1.165, 1.54) is 0 Å². The van der Waals surface area contributed by atoms with Gasteiger partial charge in [-0.15, -0.1) is 0 Å². The summed E-state index contributed by atoms with van der Waals surface area (Å²) in [6.07, 6.45) is 3.10. The lowest BCUT2D eigenvalue weighted by Crippen LogP contribution is -2.36. The third kappa shape index (κ3) is 3.35. The van der Waals surface area contributed by atoms with E-state index in [9.17, 15) is 4.79 Å². The van der Waals surface area contributed by atoms with Crippen molar-refractivity contribution in [1.82, 2.24) is 15.4 Å². The second kappa shape index (κ2) is 5.85. The summed E-state index contributed by atoms with van der Waals surface area (Å²) in [6.45, 7) is 0.254.